The van der Waals surface area contributed by atoms with Gasteiger partial charge in [-0.15, -0.1) is 0 Å². The van der Waals surface area contributed by atoms with Crippen LogP contribution in [-0.2, 0) is 29.0 Å². The Kier molecular flexibility index (Phi) is 5.67. The second-order valence-corrected chi connectivity index (χ2v) is 7.22. The first-order valence-corrected chi connectivity index (χ1v) is 9.95. The molecule has 1 heterocycles. The molecule has 0 aliphatic carbocycles. The van der Waals surface area contributed by atoms with Crippen molar-refractivity contribution < 1.29 is 9.53 Å². The molecule has 0 aliphatic rings. The van der Waals surface area contributed by atoms with Crippen molar-refractivity contribution in [1.29, 1.82) is 5.26 Å². The van der Waals surface area contributed by atoms with Gasteiger partial charge >= 0.3 is 11.7 Å². The van der Waals surface area contributed by atoms with Crippen molar-refractivity contribution in [3.63, 3.8) is 0 Å². The quantitative estimate of drug-likeness (QED) is 0.453. The Hall–Kier alpha value is -4.11. The number of aryl methyl sites for hydroxylation is 2. The number of aromatic nitrogens is 2. The standard InChI is InChI=1S/C25H21N3O3/c1-31-24(29)17-28-23-5-3-2-4-22(23)27(25(28)30)15-14-18-6-10-20(11-7-18)21-12-8-19(16-26)9-13-21/h2-13H,14-15,17H2,1H3. The number of methoxy groups -OCH3 is 1. The fraction of sp³-hybridized carbons (Fsp3) is 0.160. The van der Waals surface area contributed by atoms with E-state index < -0.39 is 5.97 Å². The van der Waals surface area contributed by atoms with Crippen LogP contribution in [0.5, 0.6) is 0 Å². The van der Waals surface area contributed by atoms with E-state index in [1.54, 1.807) is 16.7 Å². The van der Waals surface area contributed by atoms with Gasteiger partial charge in [0.15, 0.2) is 0 Å². The van der Waals surface area contributed by atoms with Gasteiger partial charge in [-0.05, 0) is 47.4 Å². The van der Waals surface area contributed by atoms with Crippen molar-refractivity contribution in [2.75, 3.05) is 7.11 Å². The number of carbonyl (C=O) groups is 1. The van der Waals surface area contributed by atoms with Crippen LogP contribution >= 0.6 is 0 Å². The maximum absolute atomic E-state index is 12.9. The molecule has 0 fully saturated rings. The number of rotatable bonds is 6. The van der Waals surface area contributed by atoms with Gasteiger partial charge in [0.05, 0.1) is 29.8 Å². The topological polar surface area (TPSA) is 77.0 Å². The highest BCUT2D eigenvalue weighted by molar-refractivity contribution is 5.78. The highest BCUT2D eigenvalue weighted by Gasteiger charge is 2.15. The normalized spacial score (nSPS) is 10.7. The van der Waals surface area contributed by atoms with Crippen LogP contribution in [0.2, 0.25) is 0 Å². The van der Waals surface area contributed by atoms with E-state index in [9.17, 15) is 9.59 Å². The Labute approximate surface area is 179 Å². The van der Waals surface area contributed by atoms with Crippen LogP contribution in [-0.4, -0.2) is 22.2 Å². The van der Waals surface area contributed by atoms with Gasteiger partial charge in [0.1, 0.15) is 6.54 Å². The Balaban J connectivity index is 1.55. The SMILES string of the molecule is COC(=O)Cn1c(=O)n(CCc2ccc(-c3ccc(C#N)cc3)cc2)c2ccccc21. The van der Waals surface area contributed by atoms with Gasteiger partial charge in [-0.3, -0.25) is 13.9 Å². The number of para-hydroxylation sites is 2. The Morgan fingerprint density at radius 2 is 1.48 bits per heavy atom. The van der Waals surface area contributed by atoms with Crippen LogP contribution in [0.15, 0.2) is 77.6 Å². The first-order valence-electron chi connectivity index (χ1n) is 9.95. The molecule has 0 saturated carbocycles. The number of ether oxygens (including phenoxy) is 1. The minimum atomic E-state index is -0.455. The van der Waals surface area contributed by atoms with E-state index in [2.05, 4.69) is 6.07 Å². The Bertz CT molecular complexity index is 1320. The fourth-order valence-corrected chi connectivity index (χ4v) is 3.68. The Morgan fingerprint density at radius 1 is 0.903 bits per heavy atom. The van der Waals surface area contributed by atoms with Crippen molar-refractivity contribution >= 4 is 17.0 Å². The molecular formula is C25H21N3O3. The molecule has 4 rings (SSSR count). The van der Waals surface area contributed by atoms with E-state index in [1.165, 1.54) is 11.7 Å². The molecule has 154 valence electrons. The maximum Gasteiger partial charge on any atom is 0.329 e. The zero-order valence-electron chi connectivity index (χ0n) is 17.1. The van der Waals surface area contributed by atoms with Gasteiger partial charge < -0.3 is 4.74 Å². The van der Waals surface area contributed by atoms with Crippen molar-refractivity contribution in [2.24, 2.45) is 0 Å². The molecule has 0 saturated heterocycles. The number of fused-ring (bicyclic) bond motifs is 1. The van der Waals surface area contributed by atoms with Gasteiger partial charge in [-0.1, -0.05) is 48.5 Å². The predicted octanol–water partition coefficient (Wildman–Crippen LogP) is 3.76. The molecule has 0 atom stereocenters. The number of hydrogen-bond donors (Lipinski definition) is 0. The molecule has 0 aliphatic heterocycles. The summed E-state index contributed by atoms with van der Waals surface area (Å²) >= 11 is 0. The largest absolute Gasteiger partial charge is 0.468 e. The first kappa shape index (κ1) is 20.2. The van der Waals surface area contributed by atoms with Crippen LogP contribution in [0.4, 0.5) is 0 Å². The highest BCUT2D eigenvalue weighted by Crippen LogP contribution is 2.21. The monoisotopic (exact) mass is 411 g/mol. The van der Waals surface area contributed by atoms with E-state index in [0.717, 1.165) is 22.2 Å². The van der Waals surface area contributed by atoms with Crippen molar-refractivity contribution in [3.05, 3.63) is 94.4 Å². The number of benzene rings is 3. The summed E-state index contributed by atoms with van der Waals surface area (Å²) in [5.41, 5.74) is 5.15. The molecule has 0 radical (unpaired) electrons. The molecule has 0 spiro atoms. The molecule has 6 heteroatoms. The molecule has 0 N–H and O–H groups in total. The Morgan fingerprint density at radius 3 is 2.06 bits per heavy atom. The molecule has 0 amide bonds. The summed E-state index contributed by atoms with van der Waals surface area (Å²) in [5.74, 6) is -0.455. The molecule has 1 aromatic heterocycles. The lowest BCUT2D eigenvalue weighted by Gasteiger charge is -2.06. The molecule has 0 bridgehead atoms. The number of nitrogens with zero attached hydrogens (tertiary/aromatic N) is 3. The molecule has 0 unspecified atom stereocenters. The van der Waals surface area contributed by atoms with Crippen LogP contribution in [0.3, 0.4) is 0 Å². The molecule has 31 heavy (non-hydrogen) atoms. The van der Waals surface area contributed by atoms with E-state index in [1.807, 2.05) is 60.7 Å². The lowest BCUT2D eigenvalue weighted by molar-refractivity contribution is -0.141. The number of esters is 1. The number of imidazole rings is 1. The minimum absolute atomic E-state index is 0.109. The second kappa shape index (κ2) is 8.72. The lowest BCUT2D eigenvalue weighted by atomic mass is 10.0. The third-order valence-electron chi connectivity index (χ3n) is 5.37. The summed E-state index contributed by atoms with van der Waals surface area (Å²) in [6.45, 7) is 0.395. The molecule has 3 aromatic carbocycles. The van der Waals surface area contributed by atoms with E-state index in [-0.39, 0.29) is 12.2 Å². The predicted molar refractivity (Wildman–Crippen MR) is 119 cm³/mol. The third kappa shape index (κ3) is 4.12. The summed E-state index contributed by atoms with van der Waals surface area (Å²) < 4.78 is 7.89. The van der Waals surface area contributed by atoms with E-state index in [4.69, 9.17) is 10.00 Å². The summed E-state index contributed by atoms with van der Waals surface area (Å²) in [6, 6.07) is 25.2. The minimum Gasteiger partial charge on any atom is -0.468 e. The average molecular weight is 411 g/mol. The highest BCUT2D eigenvalue weighted by atomic mass is 16.5. The van der Waals surface area contributed by atoms with Gasteiger partial charge in [0.2, 0.25) is 0 Å². The summed E-state index contributed by atoms with van der Waals surface area (Å²) in [4.78, 5) is 24.7. The van der Waals surface area contributed by atoms with Crippen LogP contribution in [0.1, 0.15) is 11.1 Å². The summed E-state index contributed by atoms with van der Waals surface area (Å²) in [5, 5.41) is 8.93. The number of nitriles is 1. The van der Waals surface area contributed by atoms with E-state index >= 15 is 0 Å². The summed E-state index contributed by atoms with van der Waals surface area (Å²) in [7, 11) is 1.31. The second-order valence-electron chi connectivity index (χ2n) is 7.22. The zero-order valence-corrected chi connectivity index (χ0v) is 17.1. The van der Waals surface area contributed by atoms with Crippen molar-refractivity contribution in [1.82, 2.24) is 9.13 Å². The van der Waals surface area contributed by atoms with Crippen LogP contribution in [0.25, 0.3) is 22.2 Å². The van der Waals surface area contributed by atoms with Crippen LogP contribution < -0.4 is 5.69 Å². The van der Waals surface area contributed by atoms with Crippen molar-refractivity contribution in [2.45, 2.75) is 19.5 Å². The van der Waals surface area contributed by atoms with Gasteiger partial charge in [-0.2, -0.15) is 5.26 Å². The average Bonchev–Trinajstić information content (AvgIpc) is 3.08. The number of hydrogen-bond acceptors (Lipinski definition) is 4. The molecular weight excluding hydrogens is 390 g/mol. The smallest absolute Gasteiger partial charge is 0.329 e. The number of carbonyl (C=O) groups excluding carboxylic acids is 1. The lowest BCUT2D eigenvalue weighted by Crippen LogP contribution is -2.28. The maximum atomic E-state index is 12.9. The van der Waals surface area contributed by atoms with Gasteiger partial charge in [0, 0.05) is 6.54 Å². The molecule has 6 nitrogen and oxygen atoms in total. The van der Waals surface area contributed by atoms with Crippen molar-refractivity contribution in [3.8, 4) is 17.2 Å². The van der Waals surface area contributed by atoms with Gasteiger partial charge in [-0.25, -0.2) is 4.79 Å². The first-order chi connectivity index (χ1) is 15.1. The summed E-state index contributed by atoms with van der Waals surface area (Å²) in [6.07, 6.45) is 0.680. The van der Waals surface area contributed by atoms with Crippen LogP contribution in [0, 0.1) is 11.3 Å². The van der Waals surface area contributed by atoms with Gasteiger partial charge in [0.25, 0.3) is 0 Å². The fourth-order valence-electron chi connectivity index (χ4n) is 3.68. The van der Waals surface area contributed by atoms with E-state index in [0.29, 0.717) is 24.0 Å². The molecule has 4 aromatic rings. The zero-order chi connectivity index (χ0) is 21.8. The third-order valence-corrected chi connectivity index (χ3v) is 5.37.